The first-order valence-electron chi connectivity index (χ1n) is 4.01. The quantitative estimate of drug-likeness (QED) is 0.792. The number of carbonyl (C=O) groups is 1. The standard InChI is InChI=1S/C8H11ClN2O2/c1-3-5(12)4-6-7(9)8(13)11(2)10-6/h10H,3-4H2,1-2H3. The van der Waals surface area contributed by atoms with E-state index in [-0.39, 0.29) is 22.8 Å². The predicted molar refractivity (Wildman–Crippen MR) is 50.0 cm³/mol. The number of aromatic amines is 1. The molecule has 1 rings (SSSR count). The van der Waals surface area contributed by atoms with Crippen LogP contribution in [0.4, 0.5) is 0 Å². The highest BCUT2D eigenvalue weighted by Gasteiger charge is 2.12. The maximum absolute atomic E-state index is 11.1. The average molecular weight is 203 g/mol. The van der Waals surface area contributed by atoms with Gasteiger partial charge in [0.1, 0.15) is 10.8 Å². The van der Waals surface area contributed by atoms with Crippen molar-refractivity contribution >= 4 is 17.4 Å². The molecule has 0 radical (unpaired) electrons. The predicted octanol–water partition coefficient (Wildman–Crippen LogP) is 0.888. The van der Waals surface area contributed by atoms with E-state index >= 15 is 0 Å². The molecule has 0 saturated carbocycles. The molecule has 1 aromatic heterocycles. The Bertz CT molecular complexity index is 378. The third kappa shape index (κ3) is 2.01. The Balaban J connectivity index is 2.96. The van der Waals surface area contributed by atoms with E-state index in [1.807, 2.05) is 0 Å². The Hall–Kier alpha value is -1.03. The second-order valence-electron chi connectivity index (χ2n) is 2.84. The second-order valence-corrected chi connectivity index (χ2v) is 3.22. The van der Waals surface area contributed by atoms with Crippen molar-refractivity contribution in [1.29, 1.82) is 0 Å². The van der Waals surface area contributed by atoms with Gasteiger partial charge in [-0.2, -0.15) is 0 Å². The van der Waals surface area contributed by atoms with Crippen molar-refractivity contribution in [3.8, 4) is 0 Å². The summed E-state index contributed by atoms with van der Waals surface area (Å²) in [6.07, 6.45) is 0.651. The van der Waals surface area contributed by atoms with E-state index in [1.165, 1.54) is 4.68 Å². The Kier molecular flexibility index (Phi) is 2.93. The zero-order chi connectivity index (χ0) is 10.0. The minimum absolute atomic E-state index is 0.0590. The molecule has 0 aliphatic heterocycles. The largest absolute Gasteiger partial charge is 0.299 e. The summed E-state index contributed by atoms with van der Waals surface area (Å²) < 4.78 is 1.26. The van der Waals surface area contributed by atoms with Gasteiger partial charge in [-0.05, 0) is 0 Å². The normalized spacial score (nSPS) is 10.4. The number of H-pyrrole nitrogens is 1. The summed E-state index contributed by atoms with van der Waals surface area (Å²) in [5.74, 6) is 0.0590. The molecule has 0 spiro atoms. The van der Waals surface area contributed by atoms with Gasteiger partial charge in [-0.25, -0.2) is 0 Å². The lowest BCUT2D eigenvalue weighted by Crippen LogP contribution is -2.11. The molecule has 5 heteroatoms. The van der Waals surface area contributed by atoms with Crippen LogP contribution in [0, 0.1) is 0 Å². The lowest BCUT2D eigenvalue weighted by molar-refractivity contribution is -0.118. The van der Waals surface area contributed by atoms with E-state index in [2.05, 4.69) is 5.10 Å². The highest BCUT2D eigenvalue weighted by atomic mass is 35.5. The highest BCUT2D eigenvalue weighted by Crippen LogP contribution is 2.09. The Morgan fingerprint density at radius 1 is 1.62 bits per heavy atom. The van der Waals surface area contributed by atoms with Gasteiger partial charge in [-0.15, -0.1) is 0 Å². The fraction of sp³-hybridized carbons (Fsp3) is 0.500. The van der Waals surface area contributed by atoms with Crippen molar-refractivity contribution in [1.82, 2.24) is 9.78 Å². The van der Waals surface area contributed by atoms with E-state index < -0.39 is 0 Å². The third-order valence-electron chi connectivity index (χ3n) is 1.83. The topological polar surface area (TPSA) is 54.9 Å². The monoisotopic (exact) mass is 202 g/mol. The van der Waals surface area contributed by atoms with Crippen LogP contribution in [0.5, 0.6) is 0 Å². The number of nitrogens with zero attached hydrogens (tertiary/aromatic N) is 1. The van der Waals surface area contributed by atoms with Crippen molar-refractivity contribution in [3.63, 3.8) is 0 Å². The maximum Gasteiger partial charge on any atom is 0.285 e. The Morgan fingerprint density at radius 3 is 2.62 bits per heavy atom. The highest BCUT2D eigenvalue weighted by molar-refractivity contribution is 6.31. The molecule has 0 bridgehead atoms. The third-order valence-corrected chi connectivity index (χ3v) is 2.22. The van der Waals surface area contributed by atoms with Gasteiger partial charge < -0.3 is 0 Å². The number of hydrogen-bond donors (Lipinski definition) is 1. The van der Waals surface area contributed by atoms with E-state index in [0.29, 0.717) is 12.1 Å². The van der Waals surface area contributed by atoms with Crippen LogP contribution in [0.2, 0.25) is 5.02 Å². The van der Waals surface area contributed by atoms with Gasteiger partial charge in [0.2, 0.25) is 0 Å². The van der Waals surface area contributed by atoms with Crippen molar-refractivity contribution in [2.24, 2.45) is 7.05 Å². The van der Waals surface area contributed by atoms with Crippen molar-refractivity contribution in [3.05, 3.63) is 21.1 Å². The number of nitrogens with one attached hydrogen (secondary N) is 1. The number of Topliss-reactive ketones (excluding diaryl/α,β-unsaturated/α-hetero) is 1. The van der Waals surface area contributed by atoms with Crippen LogP contribution in [0.15, 0.2) is 4.79 Å². The molecule has 72 valence electrons. The van der Waals surface area contributed by atoms with Gasteiger partial charge in [0.15, 0.2) is 0 Å². The van der Waals surface area contributed by atoms with Crippen LogP contribution in [0.3, 0.4) is 0 Å². The van der Waals surface area contributed by atoms with Crippen LogP contribution >= 0.6 is 11.6 Å². The number of halogens is 1. The molecule has 0 saturated heterocycles. The van der Waals surface area contributed by atoms with Crippen LogP contribution in [0.1, 0.15) is 19.0 Å². The summed E-state index contributed by atoms with van der Waals surface area (Å²) in [5.41, 5.74) is 0.210. The number of carbonyl (C=O) groups excluding carboxylic acids is 1. The fourth-order valence-corrected chi connectivity index (χ4v) is 1.25. The zero-order valence-electron chi connectivity index (χ0n) is 7.56. The van der Waals surface area contributed by atoms with Crippen molar-refractivity contribution in [2.45, 2.75) is 19.8 Å². The van der Waals surface area contributed by atoms with Crippen LogP contribution in [-0.2, 0) is 18.3 Å². The molecule has 1 N–H and O–H groups in total. The molecule has 4 nitrogen and oxygen atoms in total. The van der Waals surface area contributed by atoms with E-state index in [4.69, 9.17) is 11.6 Å². The molecule has 0 amide bonds. The molecule has 0 aliphatic rings. The first-order chi connectivity index (χ1) is 6.06. The summed E-state index contributed by atoms with van der Waals surface area (Å²) >= 11 is 5.70. The van der Waals surface area contributed by atoms with E-state index in [0.717, 1.165) is 0 Å². The van der Waals surface area contributed by atoms with Gasteiger partial charge >= 0.3 is 0 Å². The minimum atomic E-state index is -0.291. The molecule has 0 aliphatic carbocycles. The Labute approximate surface area is 80.5 Å². The summed E-state index contributed by atoms with van der Waals surface area (Å²) in [5, 5.41) is 2.84. The molecule has 13 heavy (non-hydrogen) atoms. The van der Waals surface area contributed by atoms with Crippen LogP contribution in [-0.4, -0.2) is 15.6 Å². The smallest absolute Gasteiger partial charge is 0.285 e. The van der Waals surface area contributed by atoms with Gasteiger partial charge in [0.25, 0.3) is 5.56 Å². The summed E-state index contributed by atoms with van der Waals surface area (Å²) in [6, 6.07) is 0. The van der Waals surface area contributed by atoms with Gasteiger partial charge in [-0.3, -0.25) is 19.4 Å². The molecule has 1 aromatic rings. The van der Waals surface area contributed by atoms with Gasteiger partial charge in [0.05, 0.1) is 5.69 Å². The molecular formula is C8H11ClN2O2. The average Bonchev–Trinajstić information content (AvgIpc) is 2.34. The molecule has 0 fully saturated rings. The number of aromatic nitrogens is 2. The molecule has 0 unspecified atom stereocenters. The Morgan fingerprint density at radius 2 is 2.23 bits per heavy atom. The first-order valence-corrected chi connectivity index (χ1v) is 4.39. The van der Waals surface area contributed by atoms with Gasteiger partial charge in [0, 0.05) is 19.9 Å². The molecule has 0 atom stereocenters. The van der Waals surface area contributed by atoms with E-state index in [1.54, 1.807) is 14.0 Å². The minimum Gasteiger partial charge on any atom is -0.299 e. The molecular weight excluding hydrogens is 192 g/mol. The second kappa shape index (κ2) is 3.79. The number of ketones is 1. The number of aryl methyl sites for hydroxylation is 1. The number of hydrogen-bond acceptors (Lipinski definition) is 2. The van der Waals surface area contributed by atoms with Crippen molar-refractivity contribution < 1.29 is 4.79 Å². The first kappa shape index (κ1) is 10.1. The zero-order valence-corrected chi connectivity index (χ0v) is 8.31. The van der Waals surface area contributed by atoms with Crippen molar-refractivity contribution in [2.75, 3.05) is 0 Å². The SMILES string of the molecule is CCC(=O)Cc1[nH]n(C)c(=O)c1Cl. The van der Waals surface area contributed by atoms with Gasteiger partial charge in [-0.1, -0.05) is 18.5 Å². The molecule has 1 heterocycles. The molecule has 0 aromatic carbocycles. The van der Waals surface area contributed by atoms with E-state index in [9.17, 15) is 9.59 Å². The maximum atomic E-state index is 11.1. The summed E-state index contributed by atoms with van der Waals surface area (Å²) in [4.78, 5) is 22.2. The van der Waals surface area contributed by atoms with Crippen LogP contribution < -0.4 is 5.56 Å². The number of rotatable bonds is 3. The van der Waals surface area contributed by atoms with Crippen LogP contribution in [0.25, 0.3) is 0 Å². The summed E-state index contributed by atoms with van der Waals surface area (Å²) in [7, 11) is 1.56. The fourth-order valence-electron chi connectivity index (χ4n) is 1.02. The lowest BCUT2D eigenvalue weighted by atomic mass is 10.2. The summed E-state index contributed by atoms with van der Waals surface area (Å²) in [6.45, 7) is 1.78. The lowest BCUT2D eigenvalue weighted by Gasteiger charge is -1.94.